The van der Waals surface area contributed by atoms with Crippen LogP contribution in [-0.4, -0.2) is 47.7 Å². The van der Waals surface area contributed by atoms with Crippen molar-refractivity contribution in [2.24, 2.45) is 29.6 Å². The van der Waals surface area contributed by atoms with Gasteiger partial charge in [-0.3, -0.25) is 4.79 Å². The van der Waals surface area contributed by atoms with Crippen molar-refractivity contribution in [3.05, 3.63) is 12.2 Å². The molecule has 3 saturated heterocycles. The molecule has 5 nitrogen and oxygen atoms in total. The predicted molar refractivity (Wildman–Crippen MR) is 101 cm³/mol. The van der Waals surface area contributed by atoms with Crippen LogP contribution in [0.5, 0.6) is 0 Å². The molecule has 2 bridgehead atoms. The molecule has 10 unspecified atom stereocenters. The van der Waals surface area contributed by atoms with E-state index < -0.39 is 11.7 Å². The Bertz CT molecular complexity index is 618. The first-order valence-corrected chi connectivity index (χ1v) is 10.5. The SMILES string of the molecule is C=C1CC2OC3C4C(CC(C)C(OC(C)=O)C24)C(C)COC3(C)CCC1O. The molecule has 3 aliphatic heterocycles. The van der Waals surface area contributed by atoms with Gasteiger partial charge in [0.15, 0.2) is 0 Å². The monoisotopic (exact) mass is 378 g/mol. The van der Waals surface area contributed by atoms with Crippen LogP contribution >= 0.6 is 0 Å². The van der Waals surface area contributed by atoms with Crippen molar-refractivity contribution >= 4 is 5.97 Å². The van der Waals surface area contributed by atoms with Gasteiger partial charge in [-0.25, -0.2) is 0 Å². The summed E-state index contributed by atoms with van der Waals surface area (Å²) in [5.74, 6) is 1.47. The first-order valence-electron chi connectivity index (χ1n) is 10.5. The number of carbonyl (C=O) groups excluding carboxylic acids is 1. The third-order valence-corrected chi connectivity index (χ3v) is 7.78. The molecule has 0 spiro atoms. The van der Waals surface area contributed by atoms with Crippen LogP contribution in [0.25, 0.3) is 0 Å². The Morgan fingerprint density at radius 2 is 2.04 bits per heavy atom. The average molecular weight is 379 g/mol. The summed E-state index contributed by atoms with van der Waals surface area (Å²) in [6.07, 6.45) is 2.29. The topological polar surface area (TPSA) is 65.0 Å². The van der Waals surface area contributed by atoms with E-state index in [4.69, 9.17) is 14.2 Å². The highest BCUT2D eigenvalue weighted by Gasteiger charge is 2.63. The van der Waals surface area contributed by atoms with Crippen LogP contribution in [0, 0.1) is 29.6 Å². The highest BCUT2D eigenvalue weighted by molar-refractivity contribution is 5.66. The lowest BCUT2D eigenvalue weighted by Crippen LogP contribution is -2.52. The number of ether oxygens (including phenoxy) is 3. The standard InChI is InChI=1S/C22H34O5/c1-11-9-17-19-18-15(8-12(2)20(19)26-14(4)23)13(3)10-25-22(5,21(18)27-17)7-6-16(11)24/h12-13,15-21,24H,1,6-10H2,2-5H3. The van der Waals surface area contributed by atoms with Crippen molar-refractivity contribution in [3.63, 3.8) is 0 Å². The maximum Gasteiger partial charge on any atom is 0.302 e. The highest BCUT2D eigenvalue weighted by Crippen LogP contribution is 2.57. The average Bonchev–Trinajstić information content (AvgIpc) is 2.95. The molecule has 0 aromatic heterocycles. The first-order chi connectivity index (χ1) is 12.7. The second-order valence-electron chi connectivity index (χ2n) is 9.72. The Kier molecular flexibility index (Phi) is 4.93. The van der Waals surface area contributed by atoms with Gasteiger partial charge in [0.05, 0.1) is 30.5 Å². The second kappa shape index (κ2) is 6.85. The van der Waals surface area contributed by atoms with E-state index in [9.17, 15) is 9.90 Å². The van der Waals surface area contributed by atoms with Gasteiger partial charge in [-0.2, -0.15) is 0 Å². The van der Waals surface area contributed by atoms with E-state index in [-0.39, 0.29) is 36.1 Å². The first kappa shape index (κ1) is 19.4. The number of hydrogen-bond acceptors (Lipinski definition) is 5. The molecule has 4 aliphatic rings. The molecule has 27 heavy (non-hydrogen) atoms. The predicted octanol–water partition coefficient (Wildman–Crippen LogP) is 3.10. The molecule has 0 aromatic rings. The van der Waals surface area contributed by atoms with Gasteiger partial charge in [0.25, 0.3) is 0 Å². The number of carbonyl (C=O) groups is 1. The van der Waals surface area contributed by atoms with Crippen LogP contribution in [-0.2, 0) is 19.0 Å². The summed E-state index contributed by atoms with van der Waals surface area (Å²) in [6, 6.07) is 0. The highest BCUT2D eigenvalue weighted by atomic mass is 16.6. The maximum atomic E-state index is 11.9. The lowest BCUT2D eigenvalue weighted by Gasteiger charge is -2.46. The smallest absolute Gasteiger partial charge is 0.302 e. The summed E-state index contributed by atoms with van der Waals surface area (Å²) >= 11 is 0. The van der Waals surface area contributed by atoms with Crippen molar-refractivity contribution in [1.29, 1.82) is 0 Å². The Morgan fingerprint density at radius 3 is 2.74 bits per heavy atom. The fourth-order valence-corrected chi connectivity index (χ4v) is 6.36. The van der Waals surface area contributed by atoms with Crippen molar-refractivity contribution in [2.75, 3.05) is 6.61 Å². The summed E-state index contributed by atoms with van der Waals surface area (Å²) in [7, 11) is 0. The van der Waals surface area contributed by atoms with Crippen molar-refractivity contribution in [2.45, 2.75) is 83.4 Å². The molecule has 1 saturated carbocycles. The third kappa shape index (κ3) is 3.16. The Labute approximate surface area is 162 Å². The number of rotatable bonds is 1. The van der Waals surface area contributed by atoms with Crippen LogP contribution < -0.4 is 0 Å². The molecule has 4 rings (SSSR count). The number of hydrogen-bond donors (Lipinski definition) is 1. The van der Waals surface area contributed by atoms with Crippen LogP contribution in [0.3, 0.4) is 0 Å². The summed E-state index contributed by atoms with van der Waals surface area (Å²) in [4.78, 5) is 11.9. The Balaban J connectivity index is 1.79. The number of aliphatic hydroxyl groups is 1. The minimum Gasteiger partial charge on any atom is -0.462 e. The molecule has 3 heterocycles. The molecule has 0 amide bonds. The van der Waals surface area contributed by atoms with E-state index in [1.54, 1.807) is 0 Å². The number of aliphatic hydroxyl groups excluding tert-OH is 1. The van der Waals surface area contributed by atoms with E-state index in [2.05, 4.69) is 27.4 Å². The summed E-state index contributed by atoms with van der Waals surface area (Å²) in [5.41, 5.74) is 0.403. The molecular weight excluding hydrogens is 344 g/mol. The van der Waals surface area contributed by atoms with E-state index in [1.807, 2.05) is 0 Å². The normalized spacial score (nSPS) is 52.3. The van der Waals surface area contributed by atoms with Gasteiger partial charge in [-0.1, -0.05) is 20.4 Å². The molecule has 152 valence electrons. The van der Waals surface area contributed by atoms with Crippen LogP contribution in [0.2, 0.25) is 0 Å². The molecule has 0 radical (unpaired) electrons. The minimum absolute atomic E-state index is 0.0221. The van der Waals surface area contributed by atoms with Gasteiger partial charge in [0, 0.05) is 12.8 Å². The summed E-state index contributed by atoms with van der Waals surface area (Å²) in [6.45, 7) is 13.0. The summed E-state index contributed by atoms with van der Waals surface area (Å²) in [5, 5.41) is 10.6. The van der Waals surface area contributed by atoms with E-state index in [0.29, 0.717) is 30.6 Å². The molecule has 1 N–H and O–H groups in total. The lowest BCUT2D eigenvalue weighted by atomic mass is 9.59. The zero-order valence-corrected chi connectivity index (χ0v) is 17.0. The van der Waals surface area contributed by atoms with Gasteiger partial charge >= 0.3 is 5.97 Å². The van der Waals surface area contributed by atoms with E-state index >= 15 is 0 Å². The Hall–Kier alpha value is -0.910. The molecule has 1 aliphatic carbocycles. The maximum absolute atomic E-state index is 11.9. The fourth-order valence-electron chi connectivity index (χ4n) is 6.36. The van der Waals surface area contributed by atoms with Gasteiger partial charge in [0.1, 0.15) is 6.10 Å². The summed E-state index contributed by atoms with van der Waals surface area (Å²) < 4.78 is 19.0. The van der Waals surface area contributed by atoms with Crippen LogP contribution in [0.15, 0.2) is 12.2 Å². The molecule has 0 aromatic carbocycles. The van der Waals surface area contributed by atoms with Gasteiger partial charge in [-0.15, -0.1) is 0 Å². The number of fused-ring (bicyclic) bond motifs is 2. The molecule has 10 atom stereocenters. The van der Waals surface area contributed by atoms with Crippen LogP contribution in [0.4, 0.5) is 0 Å². The molecular formula is C22H34O5. The van der Waals surface area contributed by atoms with Crippen molar-refractivity contribution in [1.82, 2.24) is 0 Å². The van der Waals surface area contributed by atoms with Gasteiger partial charge < -0.3 is 19.3 Å². The van der Waals surface area contributed by atoms with Crippen LogP contribution in [0.1, 0.15) is 53.4 Å². The van der Waals surface area contributed by atoms with Crippen molar-refractivity contribution < 1.29 is 24.1 Å². The minimum atomic E-state index is -0.531. The van der Waals surface area contributed by atoms with Gasteiger partial charge in [0.2, 0.25) is 0 Å². The van der Waals surface area contributed by atoms with Crippen molar-refractivity contribution in [3.8, 4) is 0 Å². The second-order valence-corrected chi connectivity index (χ2v) is 9.72. The Morgan fingerprint density at radius 1 is 1.30 bits per heavy atom. The molecule has 5 heteroatoms. The zero-order chi connectivity index (χ0) is 19.5. The van der Waals surface area contributed by atoms with Gasteiger partial charge in [-0.05, 0) is 61.9 Å². The largest absolute Gasteiger partial charge is 0.462 e. The number of esters is 1. The lowest BCUT2D eigenvalue weighted by molar-refractivity contribution is -0.160. The molecule has 4 fully saturated rings. The quantitative estimate of drug-likeness (QED) is 0.561. The third-order valence-electron chi connectivity index (χ3n) is 7.78. The zero-order valence-electron chi connectivity index (χ0n) is 17.0. The van der Waals surface area contributed by atoms with E-state index in [1.165, 1.54) is 6.92 Å². The van der Waals surface area contributed by atoms with E-state index in [0.717, 1.165) is 25.0 Å². The fraction of sp³-hybridized carbons (Fsp3) is 0.864.